The quantitative estimate of drug-likeness (QED) is 0.823. The summed E-state index contributed by atoms with van der Waals surface area (Å²) in [5.41, 5.74) is 0.528. The predicted molar refractivity (Wildman–Crippen MR) is 95.3 cm³/mol. The van der Waals surface area contributed by atoms with Crippen molar-refractivity contribution in [3.05, 3.63) is 23.8 Å². The summed E-state index contributed by atoms with van der Waals surface area (Å²) < 4.78 is 10.4. The Morgan fingerprint density at radius 3 is 2.44 bits per heavy atom. The van der Waals surface area contributed by atoms with E-state index in [9.17, 15) is 9.59 Å². The number of carbonyl (C=O) groups excluding carboxylic acids is 2. The molecule has 0 saturated carbocycles. The summed E-state index contributed by atoms with van der Waals surface area (Å²) in [6.45, 7) is 4.00. The lowest BCUT2D eigenvalue weighted by Gasteiger charge is -2.32. The molecule has 3 amide bonds. The Kier molecular flexibility index (Phi) is 6.91. The molecule has 0 aromatic heterocycles. The summed E-state index contributed by atoms with van der Waals surface area (Å²) >= 11 is 0. The van der Waals surface area contributed by atoms with Gasteiger partial charge in [0, 0.05) is 31.2 Å². The molecule has 138 valence electrons. The van der Waals surface area contributed by atoms with Gasteiger partial charge >= 0.3 is 6.03 Å². The van der Waals surface area contributed by atoms with Gasteiger partial charge in [-0.05, 0) is 37.5 Å². The van der Waals surface area contributed by atoms with E-state index < -0.39 is 0 Å². The number of amides is 3. The van der Waals surface area contributed by atoms with Gasteiger partial charge in [0.1, 0.15) is 0 Å². The van der Waals surface area contributed by atoms with Crippen LogP contribution in [0, 0.1) is 0 Å². The fourth-order valence-electron chi connectivity index (χ4n) is 2.82. The van der Waals surface area contributed by atoms with Gasteiger partial charge in [0.05, 0.1) is 14.2 Å². The first-order chi connectivity index (χ1) is 12.1. The zero-order valence-corrected chi connectivity index (χ0v) is 15.1. The highest BCUT2D eigenvalue weighted by atomic mass is 16.5. The van der Waals surface area contributed by atoms with Crippen molar-refractivity contribution < 1.29 is 19.1 Å². The Morgan fingerprint density at radius 1 is 1.16 bits per heavy atom. The highest BCUT2D eigenvalue weighted by Crippen LogP contribution is 2.27. The second-order valence-corrected chi connectivity index (χ2v) is 6.04. The van der Waals surface area contributed by atoms with Crippen molar-refractivity contribution in [2.75, 3.05) is 33.9 Å². The topological polar surface area (TPSA) is 79.9 Å². The Bertz CT molecular complexity index is 598. The van der Waals surface area contributed by atoms with E-state index in [0.717, 1.165) is 19.3 Å². The van der Waals surface area contributed by atoms with E-state index in [1.54, 1.807) is 37.3 Å². The normalized spacial score (nSPS) is 14.8. The molecule has 1 heterocycles. The predicted octanol–water partition coefficient (Wildman–Crippen LogP) is 2.02. The highest BCUT2D eigenvalue weighted by Gasteiger charge is 2.24. The van der Waals surface area contributed by atoms with Crippen LogP contribution >= 0.6 is 0 Å². The first-order valence-corrected chi connectivity index (χ1v) is 8.64. The van der Waals surface area contributed by atoms with Gasteiger partial charge in [0.2, 0.25) is 0 Å². The Morgan fingerprint density at radius 2 is 1.84 bits per heavy atom. The van der Waals surface area contributed by atoms with Crippen molar-refractivity contribution in [3.63, 3.8) is 0 Å². The van der Waals surface area contributed by atoms with E-state index >= 15 is 0 Å². The van der Waals surface area contributed by atoms with Gasteiger partial charge in [-0.2, -0.15) is 0 Å². The van der Waals surface area contributed by atoms with Gasteiger partial charge in [-0.1, -0.05) is 6.92 Å². The minimum absolute atomic E-state index is 0.0217. The largest absolute Gasteiger partial charge is 0.493 e. The van der Waals surface area contributed by atoms with Crippen LogP contribution in [-0.4, -0.2) is 56.7 Å². The summed E-state index contributed by atoms with van der Waals surface area (Å²) in [6, 6.07) is 5.14. The number of methoxy groups -OCH3 is 2. The minimum Gasteiger partial charge on any atom is -0.493 e. The maximum absolute atomic E-state index is 12.4. The molecule has 1 fully saturated rings. The maximum Gasteiger partial charge on any atom is 0.317 e. The van der Waals surface area contributed by atoms with E-state index in [-0.39, 0.29) is 18.0 Å². The average molecular weight is 349 g/mol. The van der Waals surface area contributed by atoms with Gasteiger partial charge in [0.15, 0.2) is 11.5 Å². The number of benzene rings is 1. The molecule has 0 radical (unpaired) electrons. The average Bonchev–Trinajstić information content (AvgIpc) is 2.65. The molecule has 7 nitrogen and oxygen atoms in total. The third-order valence-corrected chi connectivity index (χ3v) is 4.29. The standard InChI is InChI=1S/C18H27N3O4/c1-4-9-19-18(23)21-10-7-14(8-11-21)20-17(22)13-5-6-15(24-2)16(12-13)25-3/h5-6,12,14H,4,7-11H2,1-3H3,(H,19,23)(H,20,22). The van der Waals surface area contributed by atoms with Gasteiger partial charge in [0.25, 0.3) is 5.91 Å². The fourth-order valence-corrected chi connectivity index (χ4v) is 2.82. The first-order valence-electron chi connectivity index (χ1n) is 8.64. The number of nitrogens with zero attached hydrogens (tertiary/aromatic N) is 1. The van der Waals surface area contributed by atoms with Crippen LogP contribution in [0.1, 0.15) is 36.5 Å². The highest BCUT2D eigenvalue weighted by molar-refractivity contribution is 5.95. The molecule has 2 N–H and O–H groups in total. The Labute approximate surface area is 148 Å². The third kappa shape index (κ3) is 5.01. The lowest BCUT2D eigenvalue weighted by molar-refractivity contribution is 0.0917. The van der Waals surface area contributed by atoms with E-state index in [4.69, 9.17) is 9.47 Å². The van der Waals surface area contributed by atoms with Crippen molar-refractivity contribution in [2.24, 2.45) is 0 Å². The molecule has 2 rings (SSSR count). The fraction of sp³-hybridized carbons (Fsp3) is 0.556. The first kappa shape index (κ1) is 18.9. The molecular weight excluding hydrogens is 322 g/mol. The lowest BCUT2D eigenvalue weighted by atomic mass is 10.0. The molecule has 1 aliphatic heterocycles. The molecule has 1 aliphatic rings. The number of likely N-dealkylation sites (tertiary alicyclic amines) is 1. The summed E-state index contributed by atoms with van der Waals surface area (Å²) in [5, 5.41) is 5.91. The van der Waals surface area contributed by atoms with Gasteiger partial charge in [-0.3, -0.25) is 4.79 Å². The second kappa shape index (κ2) is 9.15. The molecule has 1 saturated heterocycles. The molecule has 0 unspecified atom stereocenters. The smallest absolute Gasteiger partial charge is 0.317 e. The van der Waals surface area contributed by atoms with Crippen LogP contribution in [0.3, 0.4) is 0 Å². The third-order valence-electron chi connectivity index (χ3n) is 4.29. The zero-order valence-electron chi connectivity index (χ0n) is 15.1. The zero-order chi connectivity index (χ0) is 18.2. The van der Waals surface area contributed by atoms with Crippen molar-refractivity contribution >= 4 is 11.9 Å². The molecule has 0 aliphatic carbocycles. The van der Waals surface area contributed by atoms with E-state index in [1.807, 2.05) is 6.92 Å². The molecule has 0 bridgehead atoms. The Balaban J connectivity index is 1.87. The number of rotatable bonds is 6. The van der Waals surface area contributed by atoms with Crippen molar-refractivity contribution in [1.82, 2.24) is 15.5 Å². The van der Waals surface area contributed by atoms with Crippen LogP contribution in [0.15, 0.2) is 18.2 Å². The van der Waals surface area contributed by atoms with Crippen LogP contribution < -0.4 is 20.1 Å². The Hall–Kier alpha value is -2.44. The number of hydrogen-bond donors (Lipinski definition) is 2. The van der Waals surface area contributed by atoms with Crippen molar-refractivity contribution in [3.8, 4) is 11.5 Å². The van der Waals surface area contributed by atoms with Crippen LogP contribution in [0.5, 0.6) is 11.5 Å². The number of hydrogen-bond acceptors (Lipinski definition) is 4. The van der Waals surface area contributed by atoms with Crippen LogP contribution in [0.25, 0.3) is 0 Å². The summed E-state index contributed by atoms with van der Waals surface area (Å²) in [7, 11) is 3.10. The van der Waals surface area contributed by atoms with E-state index in [2.05, 4.69) is 10.6 Å². The number of nitrogens with one attached hydrogen (secondary N) is 2. The molecule has 0 atom stereocenters. The SMILES string of the molecule is CCCNC(=O)N1CCC(NC(=O)c2ccc(OC)c(OC)c2)CC1. The van der Waals surface area contributed by atoms with Gasteiger partial charge in [-0.15, -0.1) is 0 Å². The monoisotopic (exact) mass is 349 g/mol. The molecular formula is C18H27N3O4. The molecule has 0 spiro atoms. The van der Waals surface area contributed by atoms with Gasteiger partial charge in [-0.25, -0.2) is 4.79 Å². The molecule has 1 aromatic carbocycles. The lowest BCUT2D eigenvalue weighted by Crippen LogP contribution is -2.49. The number of urea groups is 1. The van der Waals surface area contributed by atoms with Gasteiger partial charge < -0.3 is 25.0 Å². The van der Waals surface area contributed by atoms with Crippen LogP contribution in [0.2, 0.25) is 0 Å². The molecule has 1 aromatic rings. The maximum atomic E-state index is 12.4. The molecule has 25 heavy (non-hydrogen) atoms. The van der Waals surface area contributed by atoms with Crippen LogP contribution in [-0.2, 0) is 0 Å². The number of piperidine rings is 1. The number of ether oxygens (including phenoxy) is 2. The van der Waals surface area contributed by atoms with Crippen molar-refractivity contribution in [1.29, 1.82) is 0 Å². The summed E-state index contributed by atoms with van der Waals surface area (Å²) in [6.07, 6.45) is 2.42. The van der Waals surface area contributed by atoms with E-state index in [1.165, 1.54) is 0 Å². The van der Waals surface area contributed by atoms with Crippen molar-refractivity contribution in [2.45, 2.75) is 32.2 Å². The molecule has 7 heteroatoms. The van der Waals surface area contributed by atoms with E-state index in [0.29, 0.717) is 36.7 Å². The minimum atomic E-state index is -0.144. The number of carbonyl (C=O) groups is 2. The second-order valence-electron chi connectivity index (χ2n) is 6.04. The van der Waals surface area contributed by atoms with Crippen LogP contribution in [0.4, 0.5) is 4.79 Å². The summed E-state index contributed by atoms with van der Waals surface area (Å²) in [5.74, 6) is 0.970. The summed E-state index contributed by atoms with van der Waals surface area (Å²) in [4.78, 5) is 26.2.